The fraction of sp³-hybridized carbons (Fsp3) is 0.400. The van der Waals surface area contributed by atoms with Gasteiger partial charge >= 0.3 is 0 Å². The molecule has 0 aromatic carbocycles. The van der Waals surface area contributed by atoms with Gasteiger partial charge in [-0.25, -0.2) is 0 Å². The molecule has 0 spiro atoms. The number of alkyl halides is 1. The van der Waals surface area contributed by atoms with E-state index in [1.54, 1.807) is 24.3 Å². The summed E-state index contributed by atoms with van der Waals surface area (Å²) in [5.41, 5.74) is 1.09. The Morgan fingerprint density at radius 2 is 2.14 bits per heavy atom. The zero-order valence-electron chi connectivity index (χ0n) is 8.27. The number of carbonyl (C=O) groups excluding carboxylic acids is 1. The number of amides is 1. The summed E-state index contributed by atoms with van der Waals surface area (Å²) in [6.07, 6.45) is 3.47. The number of carbonyl (C=O) groups is 1. The van der Waals surface area contributed by atoms with Crippen LogP contribution in [0.5, 0.6) is 0 Å². The lowest BCUT2D eigenvalue weighted by molar-refractivity contribution is -0.128. The van der Waals surface area contributed by atoms with E-state index in [1.165, 1.54) is 0 Å². The van der Waals surface area contributed by atoms with Crippen LogP contribution in [0.15, 0.2) is 24.5 Å². The van der Waals surface area contributed by atoms with E-state index < -0.39 is 0 Å². The van der Waals surface area contributed by atoms with Gasteiger partial charge in [0, 0.05) is 19.4 Å². The van der Waals surface area contributed by atoms with E-state index in [4.69, 9.17) is 0 Å². The van der Waals surface area contributed by atoms with Crippen molar-refractivity contribution in [2.24, 2.45) is 0 Å². The van der Waals surface area contributed by atoms with Crippen LogP contribution in [0, 0.1) is 0 Å². The highest BCUT2D eigenvalue weighted by molar-refractivity contribution is 9.09. The highest BCUT2D eigenvalue weighted by Gasteiger charge is 2.15. The standard InChI is InChI=1S/C10H13BrN2O/c1-8(13(2)10(14)7-11)9-3-5-12-6-4-9/h3-6,8H,7H2,1-2H3. The molecule has 14 heavy (non-hydrogen) atoms. The van der Waals surface area contributed by atoms with Gasteiger partial charge < -0.3 is 4.90 Å². The van der Waals surface area contributed by atoms with Crippen LogP contribution >= 0.6 is 15.9 Å². The molecule has 0 N–H and O–H groups in total. The molecule has 3 nitrogen and oxygen atoms in total. The van der Waals surface area contributed by atoms with Gasteiger partial charge in [-0.2, -0.15) is 0 Å². The lowest BCUT2D eigenvalue weighted by Crippen LogP contribution is -2.30. The van der Waals surface area contributed by atoms with Crippen LogP contribution in [0.1, 0.15) is 18.5 Å². The average Bonchev–Trinajstić information content (AvgIpc) is 2.27. The predicted octanol–water partition coefficient (Wildman–Crippen LogP) is 2.00. The molecule has 1 atom stereocenters. The Labute approximate surface area is 92.3 Å². The number of hydrogen-bond donors (Lipinski definition) is 0. The quantitative estimate of drug-likeness (QED) is 0.776. The van der Waals surface area contributed by atoms with Crippen molar-refractivity contribution in [2.45, 2.75) is 13.0 Å². The van der Waals surface area contributed by atoms with Crippen LogP contribution in [0.3, 0.4) is 0 Å². The van der Waals surface area contributed by atoms with Crippen molar-refractivity contribution in [3.05, 3.63) is 30.1 Å². The van der Waals surface area contributed by atoms with E-state index in [0.29, 0.717) is 5.33 Å². The summed E-state index contributed by atoms with van der Waals surface area (Å²) < 4.78 is 0. The van der Waals surface area contributed by atoms with Gasteiger partial charge in [0.05, 0.1) is 11.4 Å². The second kappa shape index (κ2) is 5.10. The van der Waals surface area contributed by atoms with Crippen molar-refractivity contribution in [3.63, 3.8) is 0 Å². The van der Waals surface area contributed by atoms with Crippen molar-refractivity contribution < 1.29 is 4.79 Å². The maximum absolute atomic E-state index is 11.4. The molecule has 1 aromatic rings. The maximum atomic E-state index is 11.4. The first-order valence-electron chi connectivity index (χ1n) is 4.38. The summed E-state index contributed by atoms with van der Waals surface area (Å²) in [7, 11) is 1.80. The molecular weight excluding hydrogens is 244 g/mol. The third-order valence-electron chi connectivity index (χ3n) is 2.28. The van der Waals surface area contributed by atoms with Crippen molar-refractivity contribution in [1.82, 2.24) is 9.88 Å². The van der Waals surface area contributed by atoms with Gasteiger partial charge in [-0.1, -0.05) is 15.9 Å². The Hall–Kier alpha value is -0.900. The van der Waals surface area contributed by atoms with E-state index in [-0.39, 0.29) is 11.9 Å². The highest BCUT2D eigenvalue weighted by Crippen LogP contribution is 2.17. The number of hydrogen-bond acceptors (Lipinski definition) is 2. The fourth-order valence-corrected chi connectivity index (χ4v) is 1.57. The van der Waals surface area contributed by atoms with Gasteiger partial charge in [0.15, 0.2) is 0 Å². The van der Waals surface area contributed by atoms with Crippen LogP contribution < -0.4 is 0 Å². The zero-order chi connectivity index (χ0) is 10.6. The van der Waals surface area contributed by atoms with Gasteiger partial charge in [0.2, 0.25) is 5.91 Å². The molecule has 0 aliphatic carbocycles. The van der Waals surface area contributed by atoms with Crippen LogP contribution in [-0.2, 0) is 4.79 Å². The van der Waals surface area contributed by atoms with Gasteiger partial charge in [-0.15, -0.1) is 0 Å². The van der Waals surface area contributed by atoms with Crippen molar-refractivity contribution in [3.8, 4) is 0 Å². The first-order chi connectivity index (χ1) is 6.66. The average molecular weight is 257 g/mol. The van der Waals surface area contributed by atoms with E-state index in [0.717, 1.165) is 5.56 Å². The summed E-state index contributed by atoms with van der Waals surface area (Å²) >= 11 is 3.15. The molecule has 1 rings (SSSR count). The second-order valence-corrected chi connectivity index (χ2v) is 3.66. The molecule has 1 aromatic heterocycles. The molecule has 0 aliphatic heterocycles. The van der Waals surface area contributed by atoms with Gasteiger partial charge in [-0.05, 0) is 24.6 Å². The topological polar surface area (TPSA) is 33.2 Å². The third-order valence-corrected chi connectivity index (χ3v) is 2.76. The van der Waals surface area contributed by atoms with E-state index in [9.17, 15) is 4.79 Å². The van der Waals surface area contributed by atoms with Crippen LogP contribution in [-0.4, -0.2) is 28.2 Å². The summed E-state index contributed by atoms with van der Waals surface area (Å²) in [6, 6.07) is 3.92. The molecule has 0 saturated carbocycles. The maximum Gasteiger partial charge on any atom is 0.233 e. The Morgan fingerprint density at radius 1 is 1.57 bits per heavy atom. The van der Waals surface area contributed by atoms with Gasteiger partial charge in [0.1, 0.15) is 0 Å². The Kier molecular flexibility index (Phi) is 4.07. The minimum Gasteiger partial charge on any atom is -0.338 e. The first-order valence-corrected chi connectivity index (χ1v) is 5.50. The Bertz CT molecular complexity index is 302. The molecule has 0 bridgehead atoms. The lowest BCUT2D eigenvalue weighted by Gasteiger charge is -2.24. The number of nitrogens with zero attached hydrogens (tertiary/aromatic N) is 2. The summed E-state index contributed by atoms with van der Waals surface area (Å²) in [4.78, 5) is 17.0. The van der Waals surface area contributed by atoms with Crippen LogP contribution in [0.25, 0.3) is 0 Å². The van der Waals surface area contributed by atoms with Crippen LogP contribution in [0.4, 0.5) is 0 Å². The lowest BCUT2D eigenvalue weighted by atomic mass is 10.1. The molecule has 0 radical (unpaired) electrons. The molecule has 1 heterocycles. The molecule has 1 amide bonds. The molecular formula is C10H13BrN2O. The highest BCUT2D eigenvalue weighted by atomic mass is 79.9. The second-order valence-electron chi connectivity index (χ2n) is 3.09. The summed E-state index contributed by atoms with van der Waals surface area (Å²) in [5, 5.41) is 0.360. The molecule has 4 heteroatoms. The summed E-state index contributed by atoms with van der Waals surface area (Å²) in [5.74, 6) is 0.0781. The largest absolute Gasteiger partial charge is 0.338 e. The SMILES string of the molecule is CC(c1ccncc1)N(C)C(=O)CBr. The predicted molar refractivity (Wildman–Crippen MR) is 59.2 cm³/mol. The summed E-state index contributed by atoms with van der Waals surface area (Å²) in [6.45, 7) is 2.00. The third kappa shape index (κ3) is 2.54. The van der Waals surface area contributed by atoms with E-state index in [2.05, 4.69) is 20.9 Å². The monoisotopic (exact) mass is 256 g/mol. The number of rotatable bonds is 3. The number of halogens is 1. The minimum absolute atomic E-state index is 0.0781. The Morgan fingerprint density at radius 3 is 2.64 bits per heavy atom. The molecule has 1 unspecified atom stereocenters. The smallest absolute Gasteiger partial charge is 0.233 e. The molecule has 0 saturated heterocycles. The first kappa shape index (κ1) is 11.2. The minimum atomic E-state index is 0.0781. The van der Waals surface area contributed by atoms with Crippen molar-refractivity contribution >= 4 is 21.8 Å². The van der Waals surface area contributed by atoms with Gasteiger partial charge in [0.25, 0.3) is 0 Å². The molecule has 76 valence electrons. The normalized spacial score (nSPS) is 12.2. The number of pyridine rings is 1. The van der Waals surface area contributed by atoms with E-state index >= 15 is 0 Å². The van der Waals surface area contributed by atoms with Gasteiger partial charge in [-0.3, -0.25) is 9.78 Å². The fourth-order valence-electron chi connectivity index (χ4n) is 1.18. The van der Waals surface area contributed by atoms with E-state index in [1.807, 2.05) is 19.1 Å². The Balaban J connectivity index is 2.75. The molecule has 0 aliphatic rings. The van der Waals surface area contributed by atoms with Crippen LogP contribution in [0.2, 0.25) is 0 Å². The van der Waals surface area contributed by atoms with Crippen molar-refractivity contribution in [1.29, 1.82) is 0 Å². The number of aromatic nitrogens is 1. The van der Waals surface area contributed by atoms with Crippen molar-refractivity contribution in [2.75, 3.05) is 12.4 Å². The zero-order valence-corrected chi connectivity index (χ0v) is 9.86. The molecule has 0 fully saturated rings.